The minimum atomic E-state index is 0.144. The minimum Gasteiger partial charge on any atom is -0.497 e. The molecule has 0 aliphatic carbocycles. The second-order valence-electron chi connectivity index (χ2n) is 7.73. The van der Waals surface area contributed by atoms with Gasteiger partial charge >= 0.3 is 0 Å². The highest BCUT2D eigenvalue weighted by atomic mass is 16.5. The quantitative estimate of drug-likeness (QED) is 0.462. The fourth-order valence-corrected chi connectivity index (χ4v) is 3.97. The van der Waals surface area contributed by atoms with Gasteiger partial charge < -0.3 is 14.8 Å². The summed E-state index contributed by atoms with van der Waals surface area (Å²) in [6.45, 7) is 2.11. The Kier molecular flexibility index (Phi) is 5.21. The maximum atomic E-state index is 12.7. The van der Waals surface area contributed by atoms with E-state index in [1.807, 2.05) is 47.0 Å². The first-order valence-corrected chi connectivity index (χ1v) is 10.3. The summed E-state index contributed by atoms with van der Waals surface area (Å²) in [5, 5.41) is 12.7. The number of methoxy groups -OCH3 is 1. The van der Waals surface area contributed by atoms with Crippen LogP contribution in [0, 0.1) is 5.92 Å². The number of ketones is 1. The van der Waals surface area contributed by atoms with Crippen LogP contribution in [0.15, 0.2) is 48.8 Å². The van der Waals surface area contributed by atoms with E-state index in [0.29, 0.717) is 35.1 Å². The van der Waals surface area contributed by atoms with Gasteiger partial charge in [0.05, 0.1) is 12.6 Å². The Morgan fingerprint density at radius 3 is 3.00 bits per heavy atom. The van der Waals surface area contributed by atoms with Gasteiger partial charge in [-0.2, -0.15) is 0 Å². The number of pyridine rings is 2. The van der Waals surface area contributed by atoms with Crippen LogP contribution >= 0.6 is 0 Å². The van der Waals surface area contributed by atoms with E-state index in [9.17, 15) is 4.79 Å². The van der Waals surface area contributed by atoms with E-state index in [2.05, 4.69) is 20.5 Å². The Labute approximate surface area is 179 Å². The molecule has 1 aromatic carbocycles. The number of nitrogens with one attached hydrogen (secondary N) is 1. The molecular weight excluding hydrogens is 394 g/mol. The first kappa shape index (κ1) is 19.4. The highest BCUT2D eigenvalue weighted by Gasteiger charge is 2.20. The highest BCUT2D eigenvalue weighted by molar-refractivity contribution is 5.96. The largest absolute Gasteiger partial charge is 0.497 e. The third-order valence-corrected chi connectivity index (χ3v) is 5.70. The number of aromatic nitrogens is 4. The topological polar surface area (TPSA) is 90.6 Å². The van der Waals surface area contributed by atoms with Crippen LogP contribution in [0.3, 0.4) is 0 Å². The van der Waals surface area contributed by atoms with Crippen LogP contribution in [0.25, 0.3) is 16.6 Å². The normalized spacial score (nSPS) is 16.1. The lowest BCUT2D eigenvalue weighted by Crippen LogP contribution is -2.13. The van der Waals surface area contributed by atoms with Crippen LogP contribution in [-0.2, 0) is 6.61 Å². The summed E-state index contributed by atoms with van der Waals surface area (Å²) >= 11 is 0. The molecule has 0 saturated carbocycles. The number of carbonyl (C=O) groups excluding carboxylic acids is 1. The molecule has 0 radical (unpaired) electrons. The zero-order valence-electron chi connectivity index (χ0n) is 17.2. The van der Waals surface area contributed by atoms with Crippen molar-refractivity contribution in [3.8, 4) is 11.5 Å². The lowest BCUT2D eigenvalue weighted by molar-refractivity contribution is 0.0964. The number of Topliss-reactive ketones (excluding diaryl/α,β-unsaturated/α-hetero) is 1. The van der Waals surface area contributed by atoms with E-state index in [-0.39, 0.29) is 12.4 Å². The molecule has 0 amide bonds. The van der Waals surface area contributed by atoms with Crippen LogP contribution in [0.1, 0.15) is 29.0 Å². The Morgan fingerprint density at radius 1 is 1.23 bits per heavy atom. The molecule has 8 heteroatoms. The molecule has 4 aromatic rings. The fourth-order valence-electron chi connectivity index (χ4n) is 3.97. The van der Waals surface area contributed by atoms with Crippen LogP contribution in [0.5, 0.6) is 11.5 Å². The maximum Gasteiger partial charge on any atom is 0.175 e. The van der Waals surface area contributed by atoms with Crippen molar-refractivity contribution in [1.29, 1.82) is 0 Å². The number of nitrogens with zero attached hydrogens (tertiary/aromatic N) is 4. The molecular formula is C23H23N5O3. The monoisotopic (exact) mass is 417 g/mol. The Hall–Kier alpha value is -3.52. The molecule has 1 fully saturated rings. The molecule has 1 aliphatic rings. The first-order chi connectivity index (χ1) is 15.2. The summed E-state index contributed by atoms with van der Waals surface area (Å²) in [6.07, 6.45) is 5.12. The van der Waals surface area contributed by atoms with Crippen molar-refractivity contribution in [2.75, 3.05) is 20.2 Å². The van der Waals surface area contributed by atoms with Crippen molar-refractivity contribution >= 4 is 22.3 Å². The lowest BCUT2D eigenvalue weighted by atomic mass is 9.98. The molecule has 4 heterocycles. The molecule has 1 aliphatic heterocycles. The Morgan fingerprint density at radius 2 is 2.16 bits per heavy atom. The summed E-state index contributed by atoms with van der Waals surface area (Å²) in [5.74, 6) is 2.62. The van der Waals surface area contributed by atoms with E-state index in [0.717, 1.165) is 36.2 Å². The van der Waals surface area contributed by atoms with Crippen LogP contribution in [0.4, 0.5) is 0 Å². The summed E-state index contributed by atoms with van der Waals surface area (Å²) < 4.78 is 13.1. The Balaban J connectivity index is 1.37. The molecule has 5 rings (SSSR count). The van der Waals surface area contributed by atoms with E-state index < -0.39 is 0 Å². The van der Waals surface area contributed by atoms with Gasteiger partial charge in [-0.15, -0.1) is 10.2 Å². The van der Waals surface area contributed by atoms with E-state index in [4.69, 9.17) is 9.47 Å². The van der Waals surface area contributed by atoms with Crippen LogP contribution in [-0.4, -0.2) is 45.6 Å². The maximum absolute atomic E-state index is 12.7. The fraction of sp³-hybridized carbons (Fsp3) is 0.304. The molecule has 158 valence electrons. The summed E-state index contributed by atoms with van der Waals surface area (Å²) in [7, 11) is 1.63. The molecule has 31 heavy (non-hydrogen) atoms. The van der Waals surface area contributed by atoms with Gasteiger partial charge in [-0.05, 0) is 55.8 Å². The Bertz CT molecular complexity index is 1250. The zero-order valence-corrected chi connectivity index (χ0v) is 17.2. The van der Waals surface area contributed by atoms with Gasteiger partial charge in [0.15, 0.2) is 17.3 Å². The van der Waals surface area contributed by atoms with Gasteiger partial charge in [0.1, 0.15) is 18.1 Å². The minimum absolute atomic E-state index is 0.144. The summed E-state index contributed by atoms with van der Waals surface area (Å²) in [6, 6.07) is 11.1. The smallest absolute Gasteiger partial charge is 0.175 e. The molecule has 1 saturated heterocycles. The van der Waals surface area contributed by atoms with E-state index in [1.165, 1.54) is 0 Å². The van der Waals surface area contributed by atoms with Gasteiger partial charge in [0, 0.05) is 35.8 Å². The van der Waals surface area contributed by atoms with Crippen molar-refractivity contribution in [2.24, 2.45) is 5.92 Å². The van der Waals surface area contributed by atoms with Gasteiger partial charge in [-0.3, -0.25) is 14.2 Å². The third kappa shape index (κ3) is 3.94. The standard InChI is InChI=1S/C23H23N5O3/c1-30-17-3-4-18-19(11-17)25-9-7-21(18)31-14-23-27-26-22-5-2-16(13-28(22)23)20(29)10-15-6-8-24-12-15/h2-5,7,9,11,13,15,24H,6,8,10,12,14H2,1H3. The van der Waals surface area contributed by atoms with Crippen molar-refractivity contribution < 1.29 is 14.3 Å². The van der Waals surface area contributed by atoms with Crippen molar-refractivity contribution in [3.05, 3.63) is 60.2 Å². The van der Waals surface area contributed by atoms with Gasteiger partial charge in [0.2, 0.25) is 0 Å². The number of hydrogen-bond acceptors (Lipinski definition) is 7. The van der Waals surface area contributed by atoms with E-state index in [1.54, 1.807) is 13.3 Å². The number of ether oxygens (including phenoxy) is 2. The molecule has 0 spiro atoms. The predicted octanol–water partition coefficient (Wildman–Crippen LogP) is 3.05. The number of hydrogen-bond donors (Lipinski definition) is 1. The molecule has 0 bridgehead atoms. The first-order valence-electron chi connectivity index (χ1n) is 10.3. The van der Waals surface area contributed by atoms with Crippen LogP contribution in [0.2, 0.25) is 0 Å². The number of carbonyl (C=O) groups is 1. The lowest BCUT2D eigenvalue weighted by Gasteiger charge is -2.10. The van der Waals surface area contributed by atoms with Gasteiger partial charge in [-0.1, -0.05) is 0 Å². The van der Waals surface area contributed by atoms with Crippen LogP contribution < -0.4 is 14.8 Å². The third-order valence-electron chi connectivity index (χ3n) is 5.70. The number of benzene rings is 1. The van der Waals surface area contributed by atoms with Crippen molar-refractivity contribution in [1.82, 2.24) is 24.9 Å². The van der Waals surface area contributed by atoms with Gasteiger partial charge in [-0.25, -0.2) is 0 Å². The number of fused-ring (bicyclic) bond motifs is 2. The molecule has 1 unspecified atom stereocenters. The second kappa shape index (κ2) is 8.31. The molecule has 1 atom stereocenters. The number of rotatable bonds is 7. The van der Waals surface area contributed by atoms with Gasteiger partial charge in [0.25, 0.3) is 0 Å². The average molecular weight is 417 g/mol. The van der Waals surface area contributed by atoms with Crippen molar-refractivity contribution in [2.45, 2.75) is 19.4 Å². The predicted molar refractivity (Wildman–Crippen MR) is 116 cm³/mol. The zero-order chi connectivity index (χ0) is 21.2. The van der Waals surface area contributed by atoms with Crippen molar-refractivity contribution in [3.63, 3.8) is 0 Å². The molecule has 3 aromatic heterocycles. The molecule has 8 nitrogen and oxygen atoms in total. The summed E-state index contributed by atoms with van der Waals surface area (Å²) in [5.41, 5.74) is 2.14. The van der Waals surface area contributed by atoms with E-state index >= 15 is 0 Å². The second-order valence-corrected chi connectivity index (χ2v) is 7.73. The highest BCUT2D eigenvalue weighted by Crippen LogP contribution is 2.27. The average Bonchev–Trinajstić information content (AvgIpc) is 3.46. The summed E-state index contributed by atoms with van der Waals surface area (Å²) in [4.78, 5) is 17.1. The SMILES string of the molecule is COc1ccc2c(OCc3nnc4ccc(C(=O)CC5CCNC5)cn34)ccnc2c1. The molecule has 1 N–H and O–H groups in total.